The van der Waals surface area contributed by atoms with Crippen LogP contribution in [0.4, 0.5) is 9.80 Å². The first-order valence-electron chi connectivity index (χ1n) is 5.08. The Labute approximate surface area is 116 Å². The molecule has 17 heavy (non-hydrogen) atoms. The van der Waals surface area contributed by atoms with Gasteiger partial charge in [-0.15, -0.1) is 11.3 Å². The van der Waals surface area contributed by atoms with E-state index in [0.717, 1.165) is 7.88 Å². The van der Waals surface area contributed by atoms with Gasteiger partial charge in [0.05, 0.1) is 9.43 Å². The van der Waals surface area contributed by atoms with Crippen LogP contribution in [0.25, 0.3) is 0 Å². The molecule has 92 valence electrons. The normalized spacial score (nSPS) is 19.5. The van der Waals surface area contributed by atoms with E-state index in [-0.39, 0.29) is 24.5 Å². The van der Waals surface area contributed by atoms with E-state index in [2.05, 4.69) is 22.6 Å². The first-order valence-corrected chi connectivity index (χ1v) is 6.97. The molecule has 1 aromatic rings. The van der Waals surface area contributed by atoms with E-state index in [9.17, 15) is 9.59 Å². The third-order valence-electron chi connectivity index (χ3n) is 2.41. The van der Waals surface area contributed by atoms with E-state index in [0.29, 0.717) is 13.0 Å². The molecule has 1 fully saturated rings. The maximum atomic E-state index is 11.6. The second-order valence-corrected chi connectivity index (χ2v) is 6.66. The number of rotatable bonds is 4. The molecule has 0 bridgehead atoms. The molecular formula is C10H11IN2O3S. The molecule has 2 amide bonds. The van der Waals surface area contributed by atoms with Crippen molar-refractivity contribution in [2.75, 3.05) is 11.4 Å². The van der Waals surface area contributed by atoms with Crippen molar-refractivity contribution in [3.05, 3.63) is 15.0 Å². The van der Waals surface area contributed by atoms with Crippen molar-refractivity contribution < 1.29 is 14.3 Å². The molecule has 1 aliphatic rings. The molecule has 1 atom stereocenters. The maximum Gasteiger partial charge on any atom is 0.415 e. The minimum absolute atomic E-state index is 0.241. The van der Waals surface area contributed by atoms with Crippen molar-refractivity contribution in [3.63, 3.8) is 0 Å². The molecule has 0 aliphatic carbocycles. The van der Waals surface area contributed by atoms with Crippen LogP contribution in [-0.2, 0) is 9.53 Å². The van der Waals surface area contributed by atoms with Crippen molar-refractivity contribution in [2.45, 2.75) is 18.9 Å². The Morgan fingerprint density at radius 1 is 1.65 bits per heavy atom. The number of nitrogens with zero attached hydrogens (tertiary/aromatic N) is 1. The van der Waals surface area contributed by atoms with E-state index in [1.807, 2.05) is 12.1 Å². The summed E-state index contributed by atoms with van der Waals surface area (Å²) >= 11 is 3.74. The zero-order chi connectivity index (χ0) is 12.4. The van der Waals surface area contributed by atoms with Gasteiger partial charge in [0.1, 0.15) is 11.1 Å². The van der Waals surface area contributed by atoms with E-state index >= 15 is 0 Å². The molecule has 1 aromatic heterocycles. The number of ether oxygens (including phenoxy) is 1. The van der Waals surface area contributed by atoms with Gasteiger partial charge in [0, 0.05) is 6.42 Å². The summed E-state index contributed by atoms with van der Waals surface area (Å²) in [5.74, 6) is -0.370. The molecule has 2 N–H and O–H groups in total. The Morgan fingerprint density at radius 2 is 2.41 bits per heavy atom. The van der Waals surface area contributed by atoms with Crippen molar-refractivity contribution in [1.82, 2.24) is 0 Å². The molecular weight excluding hydrogens is 355 g/mol. The molecule has 7 heteroatoms. The van der Waals surface area contributed by atoms with Crippen molar-refractivity contribution >= 4 is 50.9 Å². The lowest BCUT2D eigenvalue weighted by Crippen LogP contribution is -2.24. The molecule has 0 radical (unpaired) electrons. The number of carbonyl (C=O) groups is 2. The van der Waals surface area contributed by atoms with Gasteiger partial charge in [0.2, 0.25) is 5.91 Å². The zero-order valence-electron chi connectivity index (χ0n) is 8.89. The largest absolute Gasteiger partial charge is 0.444 e. The van der Waals surface area contributed by atoms with Gasteiger partial charge in [0.15, 0.2) is 0 Å². The fraction of sp³-hybridized carbons (Fsp3) is 0.400. The van der Waals surface area contributed by atoms with Gasteiger partial charge in [-0.2, -0.15) is 0 Å². The van der Waals surface area contributed by atoms with Gasteiger partial charge in [-0.3, -0.25) is 9.69 Å². The van der Waals surface area contributed by atoms with Gasteiger partial charge in [-0.1, -0.05) is 0 Å². The molecule has 0 saturated carbocycles. The lowest BCUT2D eigenvalue weighted by atomic mass is 10.2. The average molecular weight is 366 g/mol. The number of nitrogens with two attached hydrogens (primary N) is 1. The van der Waals surface area contributed by atoms with E-state index < -0.39 is 0 Å². The van der Waals surface area contributed by atoms with Crippen molar-refractivity contribution in [3.8, 4) is 0 Å². The predicted molar refractivity (Wildman–Crippen MR) is 73.1 cm³/mol. The summed E-state index contributed by atoms with van der Waals surface area (Å²) in [7, 11) is 0. The monoisotopic (exact) mass is 366 g/mol. The van der Waals surface area contributed by atoms with Gasteiger partial charge in [-0.05, 0) is 41.1 Å². The van der Waals surface area contributed by atoms with Crippen LogP contribution in [0.3, 0.4) is 0 Å². The number of hydrogen-bond acceptors (Lipinski definition) is 4. The molecule has 1 saturated heterocycles. The molecule has 0 aromatic carbocycles. The van der Waals surface area contributed by atoms with E-state index in [1.54, 1.807) is 4.90 Å². The topological polar surface area (TPSA) is 72.6 Å². The van der Waals surface area contributed by atoms with Gasteiger partial charge < -0.3 is 10.5 Å². The predicted octanol–water partition coefficient (Wildman–Crippen LogP) is 1.94. The number of hydrogen-bond donors (Lipinski definition) is 1. The number of amides is 2. The highest BCUT2D eigenvalue weighted by Gasteiger charge is 2.32. The molecule has 5 nitrogen and oxygen atoms in total. The number of cyclic esters (lactones) is 1. The number of thiophene rings is 1. The highest BCUT2D eigenvalue weighted by Crippen LogP contribution is 2.31. The van der Waals surface area contributed by atoms with Crippen LogP contribution < -0.4 is 10.6 Å². The highest BCUT2D eigenvalue weighted by molar-refractivity contribution is 14.1. The third-order valence-corrected chi connectivity index (χ3v) is 4.33. The lowest BCUT2D eigenvalue weighted by molar-refractivity contribution is -0.118. The van der Waals surface area contributed by atoms with Crippen LogP contribution in [0.15, 0.2) is 12.1 Å². The lowest BCUT2D eigenvalue weighted by Gasteiger charge is -2.09. The Balaban J connectivity index is 1.98. The SMILES string of the molecule is NC(=O)CC[C@H]1CN(c2ccc(I)s2)C(=O)O1. The zero-order valence-corrected chi connectivity index (χ0v) is 11.9. The minimum atomic E-state index is -0.370. The van der Waals surface area contributed by atoms with Gasteiger partial charge in [-0.25, -0.2) is 4.79 Å². The summed E-state index contributed by atoms with van der Waals surface area (Å²) < 4.78 is 6.29. The average Bonchev–Trinajstić information content (AvgIpc) is 2.82. The Bertz CT molecular complexity index is 449. The second-order valence-electron chi connectivity index (χ2n) is 3.70. The van der Waals surface area contributed by atoms with Gasteiger partial charge >= 0.3 is 6.09 Å². The smallest absolute Gasteiger partial charge is 0.415 e. The number of primary amides is 1. The van der Waals surface area contributed by atoms with Crippen LogP contribution >= 0.6 is 33.9 Å². The Morgan fingerprint density at radius 3 is 3.00 bits per heavy atom. The summed E-state index contributed by atoms with van der Waals surface area (Å²) in [5, 5.41) is 0.876. The standard InChI is InChI=1S/C10H11IN2O3S/c11-7-2-4-9(17-7)13-5-6(16-10(13)15)1-3-8(12)14/h2,4,6H,1,3,5H2,(H2,12,14)/t6-/m0/s1. The number of carbonyl (C=O) groups excluding carboxylic acids is 2. The van der Waals surface area contributed by atoms with Crippen molar-refractivity contribution in [1.29, 1.82) is 0 Å². The fourth-order valence-electron chi connectivity index (χ4n) is 1.60. The summed E-state index contributed by atoms with van der Waals surface area (Å²) in [6.07, 6.45) is 0.140. The molecule has 0 unspecified atom stereocenters. The van der Waals surface area contributed by atoms with E-state index in [4.69, 9.17) is 10.5 Å². The summed E-state index contributed by atoms with van der Waals surface area (Å²) in [6.45, 7) is 0.489. The maximum absolute atomic E-state index is 11.6. The van der Waals surface area contributed by atoms with Crippen LogP contribution in [0.5, 0.6) is 0 Å². The molecule has 2 heterocycles. The fourth-order valence-corrected chi connectivity index (χ4v) is 3.19. The first kappa shape index (κ1) is 12.6. The molecule has 2 rings (SSSR count). The first-order chi connectivity index (χ1) is 8.06. The van der Waals surface area contributed by atoms with E-state index in [1.165, 1.54) is 11.3 Å². The van der Waals surface area contributed by atoms with Gasteiger partial charge in [0.25, 0.3) is 0 Å². The van der Waals surface area contributed by atoms with Crippen LogP contribution in [-0.4, -0.2) is 24.6 Å². The molecule has 1 aliphatic heterocycles. The summed E-state index contributed by atoms with van der Waals surface area (Å²) in [6, 6.07) is 3.84. The second kappa shape index (κ2) is 5.21. The van der Waals surface area contributed by atoms with Crippen LogP contribution in [0.1, 0.15) is 12.8 Å². The highest BCUT2D eigenvalue weighted by atomic mass is 127. The van der Waals surface area contributed by atoms with Crippen LogP contribution in [0.2, 0.25) is 0 Å². The number of anilines is 1. The minimum Gasteiger partial charge on any atom is -0.444 e. The van der Waals surface area contributed by atoms with Crippen molar-refractivity contribution in [2.24, 2.45) is 5.73 Å². The number of halogens is 1. The molecule has 0 spiro atoms. The van der Waals surface area contributed by atoms with Crippen LogP contribution in [0, 0.1) is 2.88 Å². The Kier molecular flexibility index (Phi) is 3.87. The summed E-state index contributed by atoms with van der Waals surface area (Å²) in [5.41, 5.74) is 5.06. The quantitative estimate of drug-likeness (QED) is 0.828. The third kappa shape index (κ3) is 3.09. The summed E-state index contributed by atoms with van der Waals surface area (Å²) in [4.78, 5) is 23.9. The Hall–Kier alpha value is -0.830.